The maximum absolute atomic E-state index is 12.7. The first kappa shape index (κ1) is 12.5. The molecule has 2 heteroatoms. The number of fused-ring (bicyclic) bond motifs is 1. The summed E-state index contributed by atoms with van der Waals surface area (Å²) in [5.41, 5.74) is 2.39. The lowest BCUT2D eigenvalue weighted by atomic mass is 10.0. The highest BCUT2D eigenvalue weighted by Gasteiger charge is 2.13. The number of aromatic nitrogens is 1. The highest BCUT2D eigenvalue weighted by molar-refractivity contribution is 6.14. The second-order valence-corrected chi connectivity index (χ2v) is 4.76. The molecule has 0 saturated carbocycles. The van der Waals surface area contributed by atoms with Gasteiger partial charge in [0.25, 0.3) is 0 Å². The molecule has 0 aliphatic rings. The van der Waals surface area contributed by atoms with Gasteiger partial charge in [-0.2, -0.15) is 0 Å². The summed E-state index contributed by atoms with van der Waals surface area (Å²) in [6, 6.07) is 17.5. The standard InChI is InChI=1S/C18H15NO/c1-2-13-6-5-8-15(12-13)18(20)17-16-9-4-3-7-14(16)10-11-19-17/h3-12H,2H2,1H3. The van der Waals surface area contributed by atoms with Gasteiger partial charge in [0.1, 0.15) is 5.69 Å². The van der Waals surface area contributed by atoms with Crippen LogP contribution in [0.3, 0.4) is 0 Å². The van der Waals surface area contributed by atoms with E-state index in [1.807, 2.05) is 54.6 Å². The molecule has 0 bridgehead atoms. The number of ketones is 1. The van der Waals surface area contributed by atoms with E-state index in [4.69, 9.17) is 0 Å². The van der Waals surface area contributed by atoms with Gasteiger partial charge in [0, 0.05) is 17.1 Å². The zero-order valence-corrected chi connectivity index (χ0v) is 11.3. The lowest BCUT2D eigenvalue weighted by Crippen LogP contribution is -2.05. The molecule has 0 N–H and O–H groups in total. The number of carbonyl (C=O) groups is 1. The van der Waals surface area contributed by atoms with Gasteiger partial charge in [0.15, 0.2) is 0 Å². The fourth-order valence-corrected chi connectivity index (χ4v) is 2.37. The Morgan fingerprint density at radius 3 is 2.75 bits per heavy atom. The molecule has 3 rings (SSSR count). The SMILES string of the molecule is CCc1cccc(C(=O)c2nccc3ccccc23)c1. The molecule has 1 aromatic heterocycles. The minimum atomic E-state index is -0.0166. The second kappa shape index (κ2) is 5.25. The van der Waals surface area contributed by atoms with Crippen molar-refractivity contribution in [1.29, 1.82) is 0 Å². The summed E-state index contributed by atoms with van der Waals surface area (Å²) in [7, 11) is 0. The van der Waals surface area contributed by atoms with E-state index >= 15 is 0 Å². The van der Waals surface area contributed by atoms with Crippen molar-refractivity contribution in [2.75, 3.05) is 0 Å². The fraction of sp³-hybridized carbons (Fsp3) is 0.111. The van der Waals surface area contributed by atoms with Crippen molar-refractivity contribution in [2.24, 2.45) is 0 Å². The Bertz CT molecular complexity index is 772. The van der Waals surface area contributed by atoms with Crippen LogP contribution >= 0.6 is 0 Å². The summed E-state index contributed by atoms with van der Waals surface area (Å²) >= 11 is 0. The molecule has 0 atom stereocenters. The molecule has 0 unspecified atom stereocenters. The number of aryl methyl sites for hydroxylation is 1. The maximum atomic E-state index is 12.7. The molecular weight excluding hydrogens is 246 g/mol. The highest BCUT2D eigenvalue weighted by Crippen LogP contribution is 2.19. The van der Waals surface area contributed by atoms with Crippen molar-refractivity contribution in [3.05, 3.63) is 77.6 Å². The maximum Gasteiger partial charge on any atom is 0.211 e. The second-order valence-electron chi connectivity index (χ2n) is 4.76. The zero-order valence-electron chi connectivity index (χ0n) is 11.3. The van der Waals surface area contributed by atoms with Crippen molar-refractivity contribution >= 4 is 16.6 Å². The Morgan fingerprint density at radius 2 is 1.90 bits per heavy atom. The molecule has 0 aliphatic heterocycles. The van der Waals surface area contributed by atoms with Crippen molar-refractivity contribution in [1.82, 2.24) is 4.98 Å². The third-order valence-electron chi connectivity index (χ3n) is 3.49. The Kier molecular flexibility index (Phi) is 3.30. The molecule has 1 heterocycles. The first-order chi connectivity index (χ1) is 9.79. The third-order valence-corrected chi connectivity index (χ3v) is 3.49. The number of benzene rings is 2. The summed E-state index contributed by atoms with van der Waals surface area (Å²) < 4.78 is 0. The summed E-state index contributed by atoms with van der Waals surface area (Å²) in [5.74, 6) is -0.0166. The predicted molar refractivity (Wildman–Crippen MR) is 81.0 cm³/mol. The molecule has 20 heavy (non-hydrogen) atoms. The highest BCUT2D eigenvalue weighted by atomic mass is 16.1. The molecule has 0 fully saturated rings. The number of rotatable bonds is 3. The van der Waals surface area contributed by atoms with E-state index < -0.39 is 0 Å². The van der Waals surface area contributed by atoms with Crippen LogP contribution in [0.4, 0.5) is 0 Å². The topological polar surface area (TPSA) is 30.0 Å². The summed E-state index contributed by atoms with van der Waals surface area (Å²) in [4.78, 5) is 17.0. The minimum absolute atomic E-state index is 0.0166. The average molecular weight is 261 g/mol. The molecular formula is C18H15NO. The van der Waals surface area contributed by atoms with Crippen LogP contribution in [0, 0.1) is 0 Å². The lowest BCUT2D eigenvalue weighted by Gasteiger charge is -2.06. The molecule has 0 amide bonds. The Morgan fingerprint density at radius 1 is 1.05 bits per heavy atom. The number of carbonyl (C=O) groups excluding carboxylic acids is 1. The van der Waals surface area contributed by atoms with Crippen molar-refractivity contribution in [3.8, 4) is 0 Å². The van der Waals surface area contributed by atoms with Gasteiger partial charge in [-0.15, -0.1) is 0 Å². The van der Waals surface area contributed by atoms with Crippen LogP contribution in [-0.2, 0) is 6.42 Å². The monoisotopic (exact) mass is 261 g/mol. The van der Waals surface area contributed by atoms with Gasteiger partial charge in [-0.05, 0) is 29.5 Å². The van der Waals surface area contributed by atoms with Crippen LogP contribution < -0.4 is 0 Å². The van der Waals surface area contributed by atoms with Crippen LogP contribution in [0.25, 0.3) is 10.8 Å². The normalized spacial score (nSPS) is 10.7. The summed E-state index contributed by atoms with van der Waals surface area (Å²) in [6.45, 7) is 2.08. The van der Waals surface area contributed by atoms with E-state index in [2.05, 4.69) is 11.9 Å². The van der Waals surface area contributed by atoms with Crippen molar-refractivity contribution in [2.45, 2.75) is 13.3 Å². The van der Waals surface area contributed by atoms with Crippen LogP contribution in [0.2, 0.25) is 0 Å². The van der Waals surface area contributed by atoms with E-state index in [1.54, 1.807) is 6.20 Å². The molecule has 0 spiro atoms. The van der Waals surface area contributed by atoms with Crippen LogP contribution in [0.5, 0.6) is 0 Å². The van der Waals surface area contributed by atoms with Gasteiger partial charge in [0.2, 0.25) is 5.78 Å². The number of nitrogens with zero attached hydrogens (tertiary/aromatic N) is 1. The minimum Gasteiger partial charge on any atom is -0.287 e. The van der Waals surface area contributed by atoms with E-state index in [1.165, 1.54) is 0 Å². The molecule has 2 nitrogen and oxygen atoms in total. The zero-order chi connectivity index (χ0) is 13.9. The van der Waals surface area contributed by atoms with Gasteiger partial charge in [-0.1, -0.05) is 49.4 Å². The largest absolute Gasteiger partial charge is 0.287 e. The smallest absolute Gasteiger partial charge is 0.211 e. The first-order valence-electron chi connectivity index (χ1n) is 6.77. The molecule has 3 aromatic rings. The van der Waals surface area contributed by atoms with Gasteiger partial charge >= 0.3 is 0 Å². The van der Waals surface area contributed by atoms with Crippen LogP contribution in [0.15, 0.2) is 60.8 Å². The summed E-state index contributed by atoms with van der Waals surface area (Å²) in [6.07, 6.45) is 2.61. The number of pyridine rings is 1. The quantitative estimate of drug-likeness (QED) is 0.666. The van der Waals surface area contributed by atoms with Crippen molar-refractivity contribution in [3.63, 3.8) is 0 Å². The number of hydrogen-bond acceptors (Lipinski definition) is 2. The molecule has 0 radical (unpaired) electrons. The van der Waals surface area contributed by atoms with Gasteiger partial charge in [-0.3, -0.25) is 9.78 Å². The van der Waals surface area contributed by atoms with E-state index in [0.29, 0.717) is 11.3 Å². The lowest BCUT2D eigenvalue weighted by molar-refractivity contribution is 0.103. The van der Waals surface area contributed by atoms with E-state index in [-0.39, 0.29) is 5.78 Å². The Labute approximate surface area is 118 Å². The third kappa shape index (κ3) is 2.21. The average Bonchev–Trinajstić information content (AvgIpc) is 2.53. The van der Waals surface area contributed by atoms with Crippen LogP contribution in [0.1, 0.15) is 28.5 Å². The van der Waals surface area contributed by atoms with Gasteiger partial charge < -0.3 is 0 Å². The first-order valence-corrected chi connectivity index (χ1v) is 6.77. The van der Waals surface area contributed by atoms with Gasteiger partial charge in [-0.25, -0.2) is 0 Å². The van der Waals surface area contributed by atoms with Crippen molar-refractivity contribution < 1.29 is 4.79 Å². The molecule has 2 aromatic carbocycles. The van der Waals surface area contributed by atoms with E-state index in [9.17, 15) is 4.79 Å². The fourth-order valence-electron chi connectivity index (χ4n) is 2.37. The van der Waals surface area contributed by atoms with Crippen LogP contribution in [-0.4, -0.2) is 10.8 Å². The predicted octanol–water partition coefficient (Wildman–Crippen LogP) is 4.03. The van der Waals surface area contributed by atoms with E-state index in [0.717, 1.165) is 22.8 Å². The molecule has 98 valence electrons. The van der Waals surface area contributed by atoms with Gasteiger partial charge in [0.05, 0.1) is 0 Å². The summed E-state index contributed by atoms with van der Waals surface area (Å²) in [5, 5.41) is 1.94. The number of hydrogen-bond donors (Lipinski definition) is 0. The Hall–Kier alpha value is -2.48. The molecule has 0 aliphatic carbocycles. The molecule has 0 saturated heterocycles. The Balaban J connectivity index is 2.12.